The SMILES string of the molecule is CO[C@H](C)Oc1ccccc1. The van der Waals surface area contributed by atoms with Gasteiger partial charge >= 0.3 is 0 Å². The van der Waals surface area contributed by atoms with E-state index in [2.05, 4.69) is 0 Å². The first-order valence-corrected chi connectivity index (χ1v) is 3.57. The molecule has 0 fully saturated rings. The van der Waals surface area contributed by atoms with Crippen LogP contribution >= 0.6 is 0 Å². The van der Waals surface area contributed by atoms with E-state index in [1.54, 1.807) is 7.11 Å². The van der Waals surface area contributed by atoms with Crippen LogP contribution in [0.2, 0.25) is 0 Å². The molecule has 0 unspecified atom stereocenters. The average molecular weight is 152 g/mol. The van der Waals surface area contributed by atoms with Crippen LogP contribution in [0.4, 0.5) is 0 Å². The molecule has 2 nitrogen and oxygen atoms in total. The number of ether oxygens (including phenoxy) is 2. The number of hydrogen-bond donors (Lipinski definition) is 0. The molecule has 0 heterocycles. The first kappa shape index (κ1) is 8.08. The van der Waals surface area contributed by atoms with Gasteiger partial charge in [0, 0.05) is 7.11 Å². The molecule has 2 heteroatoms. The van der Waals surface area contributed by atoms with Crippen molar-refractivity contribution in [1.29, 1.82) is 0 Å². The topological polar surface area (TPSA) is 18.5 Å². The predicted octanol–water partition coefficient (Wildman–Crippen LogP) is 2.06. The van der Waals surface area contributed by atoms with Crippen LogP contribution in [-0.4, -0.2) is 13.4 Å². The molecule has 0 radical (unpaired) electrons. The Balaban J connectivity index is 2.51. The first-order chi connectivity index (χ1) is 5.33. The number of methoxy groups -OCH3 is 1. The Morgan fingerprint density at radius 2 is 1.82 bits per heavy atom. The van der Waals surface area contributed by atoms with Gasteiger partial charge in [0.25, 0.3) is 0 Å². The molecule has 0 saturated carbocycles. The monoisotopic (exact) mass is 152 g/mol. The van der Waals surface area contributed by atoms with Crippen molar-refractivity contribution < 1.29 is 9.47 Å². The van der Waals surface area contributed by atoms with Crippen LogP contribution in [0.5, 0.6) is 5.75 Å². The Morgan fingerprint density at radius 3 is 2.36 bits per heavy atom. The van der Waals surface area contributed by atoms with E-state index in [1.165, 1.54) is 0 Å². The Bertz CT molecular complexity index is 196. The van der Waals surface area contributed by atoms with E-state index in [0.29, 0.717) is 0 Å². The molecule has 0 saturated heterocycles. The molecule has 0 aliphatic rings. The summed E-state index contributed by atoms with van der Waals surface area (Å²) in [4.78, 5) is 0. The van der Waals surface area contributed by atoms with Gasteiger partial charge in [0.1, 0.15) is 5.75 Å². The maximum absolute atomic E-state index is 5.34. The maximum atomic E-state index is 5.34. The summed E-state index contributed by atoms with van der Waals surface area (Å²) in [7, 11) is 1.62. The smallest absolute Gasteiger partial charge is 0.196 e. The lowest BCUT2D eigenvalue weighted by Gasteiger charge is -2.11. The lowest BCUT2D eigenvalue weighted by Crippen LogP contribution is -2.13. The van der Waals surface area contributed by atoms with Gasteiger partial charge in [0.2, 0.25) is 0 Å². The van der Waals surface area contributed by atoms with Crippen molar-refractivity contribution in [2.75, 3.05) is 7.11 Å². The molecular formula is C9H12O2. The number of hydrogen-bond acceptors (Lipinski definition) is 2. The molecule has 0 aliphatic heterocycles. The minimum Gasteiger partial charge on any atom is -0.465 e. The highest BCUT2D eigenvalue weighted by Gasteiger charge is 1.98. The molecule has 1 rings (SSSR count). The normalized spacial score (nSPS) is 12.5. The molecule has 60 valence electrons. The zero-order valence-corrected chi connectivity index (χ0v) is 6.78. The average Bonchev–Trinajstić information content (AvgIpc) is 2.06. The second-order valence-electron chi connectivity index (χ2n) is 2.23. The molecule has 1 aromatic carbocycles. The van der Waals surface area contributed by atoms with Gasteiger partial charge < -0.3 is 9.47 Å². The van der Waals surface area contributed by atoms with Crippen LogP contribution in [0.15, 0.2) is 30.3 Å². The van der Waals surface area contributed by atoms with Crippen LogP contribution in [0.3, 0.4) is 0 Å². The fraction of sp³-hybridized carbons (Fsp3) is 0.333. The summed E-state index contributed by atoms with van der Waals surface area (Å²) in [6.07, 6.45) is -0.183. The second-order valence-corrected chi connectivity index (χ2v) is 2.23. The molecule has 0 N–H and O–H groups in total. The molecule has 0 aliphatic carbocycles. The summed E-state index contributed by atoms with van der Waals surface area (Å²) in [6.45, 7) is 1.85. The van der Waals surface area contributed by atoms with Crippen molar-refractivity contribution in [3.05, 3.63) is 30.3 Å². The molecule has 0 bridgehead atoms. The lowest BCUT2D eigenvalue weighted by atomic mass is 10.3. The molecular weight excluding hydrogens is 140 g/mol. The minimum atomic E-state index is -0.183. The van der Waals surface area contributed by atoms with Gasteiger partial charge in [-0.15, -0.1) is 0 Å². The fourth-order valence-corrected chi connectivity index (χ4v) is 0.739. The van der Waals surface area contributed by atoms with Gasteiger partial charge in [-0.05, 0) is 19.1 Å². The van der Waals surface area contributed by atoms with Gasteiger partial charge in [-0.25, -0.2) is 0 Å². The maximum Gasteiger partial charge on any atom is 0.196 e. The van der Waals surface area contributed by atoms with Crippen LogP contribution < -0.4 is 4.74 Å². The number of benzene rings is 1. The third kappa shape index (κ3) is 2.60. The summed E-state index contributed by atoms with van der Waals surface area (Å²) < 4.78 is 10.3. The van der Waals surface area contributed by atoms with Gasteiger partial charge in [-0.3, -0.25) is 0 Å². The number of para-hydroxylation sites is 1. The van der Waals surface area contributed by atoms with Crippen LogP contribution in [-0.2, 0) is 4.74 Å². The van der Waals surface area contributed by atoms with Crippen LogP contribution in [0.1, 0.15) is 6.92 Å². The van der Waals surface area contributed by atoms with Crippen molar-refractivity contribution in [1.82, 2.24) is 0 Å². The Hall–Kier alpha value is -1.02. The predicted molar refractivity (Wildman–Crippen MR) is 43.5 cm³/mol. The van der Waals surface area contributed by atoms with Gasteiger partial charge in [0.15, 0.2) is 6.29 Å². The molecule has 0 aromatic heterocycles. The van der Waals surface area contributed by atoms with Crippen molar-refractivity contribution >= 4 is 0 Å². The zero-order valence-electron chi connectivity index (χ0n) is 6.78. The zero-order chi connectivity index (χ0) is 8.10. The summed E-state index contributed by atoms with van der Waals surface area (Å²) in [5.41, 5.74) is 0. The van der Waals surface area contributed by atoms with E-state index >= 15 is 0 Å². The standard InChI is InChI=1S/C9H12O2/c1-8(10-2)11-9-6-4-3-5-7-9/h3-8H,1-2H3/t8-/m0/s1. The Labute approximate surface area is 66.8 Å². The summed E-state index contributed by atoms with van der Waals surface area (Å²) in [5, 5.41) is 0. The third-order valence-electron chi connectivity index (χ3n) is 1.38. The molecule has 0 amide bonds. The van der Waals surface area contributed by atoms with Gasteiger partial charge in [-0.1, -0.05) is 18.2 Å². The van der Waals surface area contributed by atoms with E-state index in [1.807, 2.05) is 37.3 Å². The van der Waals surface area contributed by atoms with Gasteiger partial charge in [0.05, 0.1) is 0 Å². The molecule has 1 aromatic rings. The lowest BCUT2D eigenvalue weighted by molar-refractivity contribution is -0.0382. The quantitative estimate of drug-likeness (QED) is 0.617. The fourth-order valence-electron chi connectivity index (χ4n) is 0.739. The first-order valence-electron chi connectivity index (χ1n) is 3.57. The van der Waals surface area contributed by atoms with Crippen molar-refractivity contribution in [2.45, 2.75) is 13.2 Å². The molecule has 1 atom stereocenters. The Kier molecular flexibility index (Phi) is 2.93. The third-order valence-corrected chi connectivity index (χ3v) is 1.38. The largest absolute Gasteiger partial charge is 0.465 e. The van der Waals surface area contributed by atoms with Crippen molar-refractivity contribution in [3.63, 3.8) is 0 Å². The molecule has 0 spiro atoms. The summed E-state index contributed by atoms with van der Waals surface area (Å²) in [5.74, 6) is 0.835. The summed E-state index contributed by atoms with van der Waals surface area (Å²) >= 11 is 0. The highest BCUT2D eigenvalue weighted by atomic mass is 16.7. The van der Waals surface area contributed by atoms with Crippen molar-refractivity contribution in [3.8, 4) is 5.75 Å². The minimum absolute atomic E-state index is 0.183. The van der Waals surface area contributed by atoms with E-state index < -0.39 is 0 Å². The van der Waals surface area contributed by atoms with Gasteiger partial charge in [-0.2, -0.15) is 0 Å². The van der Waals surface area contributed by atoms with Crippen molar-refractivity contribution in [2.24, 2.45) is 0 Å². The second kappa shape index (κ2) is 3.98. The Morgan fingerprint density at radius 1 is 1.18 bits per heavy atom. The molecule has 11 heavy (non-hydrogen) atoms. The van der Waals surface area contributed by atoms with E-state index in [0.717, 1.165) is 5.75 Å². The van der Waals surface area contributed by atoms with E-state index in [-0.39, 0.29) is 6.29 Å². The van der Waals surface area contributed by atoms with E-state index in [9.17, 15) is 0 Å². The van der Waals surface area contributed by atoms with E-state index in [4.69, 9.17) is 9.47 Å². The van der Waals surface area contributed by atoms with Crippen LogP contribution in [0, 0.1) is 0 Å². The highest BCUT2D eigenvalue weighted by molar-refractivity contribution is 5.20. The number of rotatable bonds is 3. The van der Waals surface area contributed by atoms with Crippen LogP contribution in [0.25, 0.3) is 0 Å². The summed E-state index contributed by atoms with van der Waals surface area (Å²) in [6, 6.07) is 9.60. The highest BCUT2D eigenvalue weighted by Crippen LogP contribution is 2.10.